The summed E-state index contributed by atoms with van der Waals surface area (Å²) in [4.78, 5) is 0. The van der Waals surface area contributed by atoms with Crippen LogP contribution in [0, 0.1) is 0 Å². The first kappa shape index (κ1) is 12.2. The predicted molar refractivity (Wildman–Crippen MR) is 65.4 cm³/mol. The van der Waals surface area contributed by atoms with Gasteiger partial charge in [0.1, 0.15) is 0 Å². The van der Waals surface area contributed by atoms with E-state index in [9.17, 15) is 5.11 Å². The highest BCUT2D eigenvalue weighted by molar-refractivity contribution is 6.81. The van der Waals surface area contributed by atoms with Gasteiger partial charge >= 0.3 is 0 Å². The van der Waals surface area contributed by atoms with E-state index in [2.05, 4.69) is 20.4 Å². The van der Waals surface area contributed by atoms with Gasteiger partial charge in [-0.1, -0.05) is 51.7 Å². The molecule has 1 nitrogen and oxygen atoms in total. The number of hydrogen-bond donors (Lipinski definition) is 1. The van der Waals surface area contributed by atoms with Gasteiger partial charge in [-0.25, -0.2) is 0 Å². The van der Waals surface area contributed by atoms with E-state index in [4.69, 9.17) is 0 Å². The molecule has 2 unspecified atom stereocenters. The van der Waals surface area contributed by atoms with Crippen molar-refractivity contribution in [2.75, 3.05) is 0 Å². The van der Waals surface area contributed by atoms with Crippen LogP contribution < -0.4 is 0 Å². The molecule has 0 aromatic carbocycles. The van der Waals surface area contributed by atoms with Gasteiger partial charge in [0.25, 0.3) is 0 Å². The molecule has 0 heterocycles. The average Bonchev–Trinajstić information content (AvgIpc) is 3.00. The maximum atomic E-state index is 9.72. The Morgan fingerprint density at radius 2 is 1.57 bits per heavy atom. The quantitative estimate of drug-likeness (QED) is 0.709. The molecule has 2 saturated carbocycles. The summed E-state index contributed by atoms with van der Waals surface area (Å²) >= 11 is 0. The fourth-order valence-electron chi connectivity index (χ4n) is 2.09. The summed E-state index contributed by atoms with van der Waals surface area (Å²) in [5.41, 5.74) is 0.400. The summed E-state index contributed by atoms with van der Waals surface area (Å²) in [6.45, 7) is 8.99. The zero-order valence-corrected chi connectivity index (χ0v) is 11.3. The van der Waals surface area contributed by atoms with Gasteiger partial charge in [-0.3, -0.25) is 0 Å². The summed E-state index contributed by atoms with van der Waals surface area (Å²) in [6.07, 6.45) is 5.57. The van der Waals surface area contributed by atoms with E-state index in [0.29, 0.717) is 5.54 Å². The van der Waals surface area contributed by atoms with Gasteiger partial charge in [-0.05, 0) is 18.9 Å². The standard InChI is InChI=1S/C9H20OSi.C3H6/c1-5-11(4,6-2)8-7-9(8,3)10;1-2-3-1/h8,10H,5-7H2,1-4H3;1-3H2. The summed E-state index contributed by atoms with van der Waals surface area (Å²) in [7, 11) is -1.05. The lowest BCUT2D eigenvalue weighted by Gasteiger charge is -2.25. The highest BCUT2D eigenvalue weighted by Gasteiger charge is 2.57. The summed E-state index contributed by atoms with van der Waals surface area (Å²) < 4.78 is 0. The van der Waals surface area contributed by atoms with Gasteiger partial charge in [0, 0.05) is 0 Å². The van der Waals surface area contributed by atoms with E-state index in [1.54, 1.807) is 0 Å². The highest BCUT2D eigenvalue weighted by Crippen LogP contribution is 2.57. The SMILES string of the molecule is C1CC1.CC[Si](C)(CC)C1CC1(C)O. The molecule has 2 aliphatic rings. The molecule has 0 spiro atoms. The Labute approximate surface area is 89.9 Å². The number of hydrogen-bond acceptors (Lipinski definition) is 1. The van der Waals surface area contributed by atoms with Crippen LogP contribution >= 0.6 is 0 Å². The Bertz CT molecular complexity index is 180. The van der Waals surface area contributed by atoms with Crippen LogP contribution in [0.2, 0.25) is 24.2 Å². The average molecular weight is 214 g/mol. The maximum Gasteiger partial charge on any atom is 0.0626 e. The maximum absolute atomic E-state index is 9.72. The van der Waals surface area contributed by atoms with Crippen LogP contribution in [0.4, 0.5) is 0 Å². The van der Waals surface area contributed by atoms with Crippen LogP contribution in [0.25, 0.3) is 0 Å². The van der Waals surface area contributed by atoms with E-state index < -0.39 is 8.07 Å². The summed E-state index contributed by atoms with van der Waals surface area (Å²) in [5, 5.41) is 9.72. The molecule has 0 amide bonds. The molecule has 2 atom stereocenters. The molecule has 0 aliphatic heterocycles. The molecule has 2 rings (SSSR count). The fraction of sp³-hybridized carbons (Fsp3) is 1.00. The molecule has 0 radical (unpaired) electrons. The van der Waals surface area contributed by atoms with Crippen LogP contribution in [-0.4, -0.2) is 18.8 Å². The third-order valence-corrected chi connectivity index (χ3v) is 9.76. The van der Waals surface area contributed by atoms with Gasteiger partial charge < -0.3 is 5.11 Å². The van der Waals surface area contributed by atoms with E-state index in [0.717, 1.165) is 6.42 Å². The Kier molecular flexibility index (Phi) is 3.81. The van der Waals surface area contributed by atoms with E-state index >= 15 is 0 Å². The van der Waals surface area contributed by atoms with Crippen molar-refractivity contribution < 1.29 is 5.11 Å². The Morgan fingerprint density at radius 3 is 1.64 bits per heavy atom. The lowest BCUT2D eigenvalue weighted by Crippen LogP contribution is -2.31. The van der Waals surface area contributed by atoms with Gasteiger partial charge in [-0.2, -0.15) is 0 Å². The van der Waals surface area contributed by atoms with Crippen LogP contribution in [0.5, 0.6) is 0 Å². The lowest BCUT2D eigenvalue weighted by atomic mass is 10.4. The second-order valence-corrected chi connectivity index (χ2v) is 11.0. The van der Waals surface area contributed by atoms with Crippen LogP contribution in [0.1, 0.15) is 46.5 Å². The first-order chi connectivity index (χ1) is 6.46. The largest absolute Gasteiger partial charge is 0.390 e. The van der Waals surface area contributed by atoms with Crippen molar-refractivity contribution in [1.82, 2.24) is 0 Å². The topological polar surface area (TPSA) is 20.2 Å². The first-order valence-electron chi connectivity index (χ1n) is 6.18. The van der Waals surface area contributed by atoms with Crippen LogP contribution in [0.15, 0.2) is 0 Å². The third-order valence-electron chi connectivity index (χ3n) is 4.02. The normalized spacial score (nSPS) is 34.5. The number of rotatable bonds is 3. The third kappa shape index (κ3) is 3.09. The Hall–Kier alpha value is 0.177. The molecular weight excluding hydrogens is 188 g/mol. The second kappa shape index (κ2) is 4.36. The molecule has 0 aromatic heterocycles. The zero-order chi connectivity index (χ0) is 10.8. The minimum absolute atomic E-state index is 0.285. The first-order valence-corrected chi connectivity index (χ1v) is 9.18. The molecule has 2 heteroatoms. The van der Waals surface area contributed by atoms with E-state index in [-0.39, 0.29) is 5.60 Å². The number of aliphatic hydroxyl groups is 1. The lowest BCUT2D eigenvalue weighted by molar-refractivity contribution is 0.171. The predicted octanol–water partition coefficient (Wildman–Crippen LogP) is 3.80. The molecule has 2 aliphatic carbocycles. The molecule has 0 saturated heterocycles. The van der Waals surface area contributed by atoms with Crippen molar-refractivity contribution >= 4 is 8.07 Å². The van der Waals surface area contributed by atoms with Crippen molar-refractivity contribution in [3.63, 3.8) is 0 Å². The molecule has 1 N–H and O–H groups in total. The van der Waals surface area contributed by atoms with Gasteiger partial charge in [0.15, 0.2) is 0 Å². The fourth-order valence-corrected chi connectivity index (χ4v) is 5.99. The Balaban J connectivity index is 0.000000276. The zero-order valence-electron chi connectivity index (χ0n) is 10.3. The monoisotopic (exact) mass is 214 g/mol. The van der Waals surface area contributed by atoms with Gasteiger partial charge in [0.2, 0.25) is 0 Å². The van der Waals surface area contributed by atoms with Crippen molar-refractivity contribution in [3.05, 3.63) is 0 Å². The van der Waals surface area contributed by atoms with Crippen molar-refractivity contribution in [3.8, 4) is 0 Å². The minimum atomic E-state index is -1.05. The second-order valence-electron chi connectivity index (χ2n) is 5.54. The summed E-state index contributed by atoms with van der Waals surface area (Å²) in [5.74, 6) is 0. The summed E-state index contributed by atoms with van der Waals surface area (Å²) in [6, 6.07) is 2.65. The van der Waals surface area contributed by atoms with Crippen molar-refractivity contribution in [2.45, 2.75) is 76.2 Å². The van der Waals surface area contributed by atoms with Crippen LogP contribution in [-0.2, 0) is 0 Å². The molecule has 84 valence electrons. The molecule has 0 aromatic rings. The van der Waals surface area contributed by atoms with E-state index in [1.807, 2.05) is 6.92 Å². The molecule has 2 fully saturated rings. The smallest absolute Gasteiger partial charge is 0.0626 e. The molecular formula is C12H26OSi. The van der Waals surface area contributed by atoms with Crippen molar-refractivity contribution in [1.29, 1.82) is 0 Å². The highest BCUT2D eigenvalue weighted by atomic mass is 28.3. The van der Waals surface area contributed by atoms with Crippen molar-refractivity contribution in [2.24, 2.45) is 0 Å². The Morgan fingerprint density at radius 1 is 1.21 bits per heavy atom. The minimum Gasteiger partial charge on any atom is -0.390 e. The molecule has 0 bridgehead atoms. The molecule has 14 heavy (non-hydrogen) atoms. The van der Waals surface area contributed by atoms with Gasteiger partial charge in [0.05, 0.1) is 13.7 Å². The van der Waals surface area contributed by atoms with E-state index in [1.165, 1.54) is 31.4 Å². The van der Waals surface area contributed by atoms with Gasteiger partial charge in [-0.15, -0.1) is 0 Å². The van der Waals surface area contributed by atoms with Crippen LogP contribution in [0.3, 0.4) is 0 Å².